The van der Waals surface area contributed by atoms with Crippen molar-refractivity contribution < 1.29 is 18.3 Å². The molecule has 4 heteroatoms. The SMILES string of the molecule is O=Cc1cccc(COc2cccc(F)c2F)c1. The van der Waals surface area contributed by atoms with E-state index in [-0.39, 0.29) is 12.4 Å². The molecule has 0 aliphatic rings. The lowest BCUT2D eigenvalue weighted by Gasteiger charge is -2.07. The highest BCUT2D eigenvalue weighted by Crippen LogP contribution is 2.20. The van der Waals surface area contributed by atoms with Crippen molar-refractivity contribution >= 4 is 6.29 Å². The zero-order valence-electron chi connectivity index (χ0n) is 9.40. The van der Waals surface area contributed by atoms with E-state index in [1.54, 1.807) is 24.3 Å². The van der Waals surface area contributed by atoms with E-state index in [0.717, 1.165) is 6.07 Å². The fourth-order valence-corrected chi connectivity index (χ4v) is 1.51. The molecule has 0 heterocycles. The van der Waals surface area contributed by atoms with Gasteiger partial charge in [-0.3, -0.25) is 4.79 Å². The molecule has 0 spiro atoms. The third-order valence-corrected chi connectivity index (χ3v) is 2.40. The van der Waals surface area contributed by atoms with Crippen molar-refractivity contribution in [3.05, 3.63) is 65.2 Å². The molecule has 0 amide bonds. The maximum absolute atomic E-state index is 13.3. The molecule has 18 heavy (non-hydrogen) atoms. The monoisotopic (exact) mass is 248 g/mol. The van der Waals surface area contributed by atoms with Crippen LogP contribution in [-0.4, -0.2) is 6.29 Å². The quantitative estimate of drug-likeness (QED) is 0.775. The van der Waals surface area contributed by atoms with E-state index in [2.05, 4.69) is 0 Å². The fraction of sp³-hybridized carbons (Fsp3) is 0.0714. The summed E-state index contributed by atoms with van der Waals surface area (Å²) in [5.41, 5.74) is 1.22. The lowest BCUT2D eigenvalue weighted by molar-refractivity contribution is 0.112. The topological polar surface area (TPSA) is 26.3 Å². The normalized spacial score (nSPS) is 10.1. The smallest absolute Gasteiger partial charge is 0.200 e. The summed E-state index contributed by atoms with van der Waals surface area (Å²) in [6.07, 6.45) is 0.715. The minimum absolute atomic E-state index is 0.0715. The van der Waals surface area contributed by atoms with Crippen LogP contribution in [0, 0.1) is 11.6 Å². The van der Waals surface area contributed by atoms with Crippen LogP contribution in [0.5, 0.6) is 5.75 Å². The molecule has 0 saturated heterocycles. The maximum atomic E-state index is 13.3. The maximum Gasteiger partial charge on any atom is 0.200 e. The van der Waals surface area contributed by atoms with Crippen molar-refractivity contribution in [1.29, 1.82) is 0 Å². The minimum atomic E-state index is -1.01. The third-order valence-electron chi connectivity index (χ3n) is 2.40. The van der Waals surface area contributed by atoms with Crippen LogP contribution in [0.15, 0.2) is 42.5 Å². The summed E-state index contributed by atoms with van der Waals surface area (Å²) in [6, 6.07) is 10.5. The Hall–Kier alpha value is -2.23. The van der Waals surface area contributed by atoms with E-state index in [4.69, 9.17) is 4.74 Å². The molecule has 0 aromatic heterocycles. The summed E-state index contributed by atoms with van der Waals surface area (Å²) in [7, 11) is 0. The molecule has 2 aromatic carbocycles. The Balaban J connectivity index is 2.11. The Kier molecular flexibility index (Phi) is 3.67. The summed E-state index contributed by atoms with van der Waals surface area (Å²) >= 11 is 0. The molecule has 0 bridgehead atoms. The number of halogens is 2. The minimum Gasteiger partial charge on any atom is -0.486 e. The molecule has 0 aliphatic carbocycles. The second-order valence-corrected chi connectivity index (χ2v) is 3.70. The molecular formula is C14H10F2O2. The van der Waals surface area contributed by atoms with E-state index in [1.807, 2.05) is 0 Å². The van der Waals surface area contributed by atoms with Crippen molar-refractivity contribution in [2.24, 2.45) is 0 Å². The molecular weight excluding hydrogens is 238 g/mol. The molecule has 92 valence electrons. The zero-order chi connectivity index (χ0) is 13.0. The number of hydrogen-bond acceptors (Lipinski definition) is 2. The summed E-state index contributed by atoms with van der Waals surface area (Å²) in [5, 5.41) is 0. The first kappa shape index (κ1) is 12.2. The van der Waals surface area contributed by atoms with Gasteiger partial charge < -0.3 is 4.74 Å². The van der Waals surface area contributed by atoms with Gasteiger partial charge in [-0.2, -0.15) is 4.39 Å². The van der Waals surface area contributed by atoms with Gasteiger partial charge in [0.05, 0.1) is 0 Å². The Labute approximate surface area is 103 Å². The Morgan fingerprint density at radius 2 is 1.89 bits per heavy atom. The van der Waals surface area contributed by atoms with Crippen LogP contribution in [0.3, 0.4) is 0 Å². The zero-order valence-corrected chi connectivity index (χ0v) is 9.40. The number of ether oxygens (including phenoxy) is 1. The van der Waals surface area contributed by atoms with Crippen molar-refractivity contribution in [1.82, 2.24) is 0 Å². The van der Waals surface area contributed by atoms with Crippen molar-refractivity contribution in [2.75, 3.05) is 0 Å². The molecule has 0 unspecified atom stereocenters. The van der Waals surface area contributed by atoms with E-state index < -0.39 is 11.6 Å². The molecule has 0 saturated carbocycles. The molecule has 0 atom stereocenters. The van der Waals surface area contributed by atoms with E-state index in [0.29, 0.717) is 17.4 Å². The van der Waals surface area contributed by atoms with Gasteiger partial charge in [-0.1, -0.05) is 24.3 Å². The Morgan fingerprint density at radius 1 is 1.11 bits per heavy atom. The van der Waals surface area contributed by atoms with Crippen LogP contribution < -0.4 is 4.74 Å². The standard InChI is InChI=1S/C14H10F2O2/c15-12-5-2-6-13(14(12)16)18-9-11-4-1-3-10(7-11)8-17/h1-8H,9H2. The summed E-state index contributed by atoms with van der Waals surface area (Å²) in [6.45, 7) is 0.0715. The van der Waals surface area contributed by atoms with Crippen molar-refractivity contribution in [3.8, 4) is 5.75 Å². The van der Waals surface area contributed by atoms with Gasteiger partial charge in [0.25, 0.3) is 0 Å². The highest BCUT2D eigenvalue weighted by molar-refractivity contribution is 5.74. The van der Waals surface area contributed by atoms with Gasteiger partial charge in [0, 0.05) is 5.56 Å². The van der Waals surface area contributed by atoms with Gasteiger partial charge >= 0.3 is 0 Å². The summed E-state index contributed by atoms with van der Waals surface area (Å²) in [5.74, 6) is -2.11. The van der Waals surface area contributed by atoms with Crippen LogP contribution in [-0.2, 0) is 6.61 Å². The predicted octanol–water partition coefficient (Wildman–Crippen LogP) is 3.36. The number of carbonyl (C=O) groups excluding carboxylic acids is 1. The van der Waals surface area contributed by atoms with E-state index in [9.17, 15) is 13.6 Å². The first-order chi connectivity index (χ1) is 8.70. The third kappa shape index (κ3) is 2.71. The van der Waals surface area contributed by atoms with Crippen molar-refractivity contribution in [2.45, 2.75) is 6.61 Å². The largest absolute Gasteiger partial charge is 0.486 e. The lowest BCUT2D eigenvalue weighted by atomic mass is 10.1. The molecule has 0 fully saturated rings. The van der Waals surface area contributed by atoms with Crippen LogP contribution in [0.2, 0.25) is 0 Å². The van der Waals surface area contributed by atoms with Gasteiger partial charge in [0.15, 0.2) is 11.6 Å². The number of benzene rings is 2. The molecule has 0 N–H and O–H groups in total. The summed E-state index contributed by atoms with van der Waals surface area (Å²) < 4.78 is 31.4. The van der Waals surface area contributed by atoms with Gasteiger partial charge in [0.1, 0.15) is 12.9 Å². The first-order valence-electron chi connectivity index (χ1n) is 5.31. The van der Waals surface area contributed by atoms with E-state index >= 15 is 0 Å². The fourth-order valence-electron chi connectivity index (χ4n) is 1.51. The molecule has 2 aromatic rings. The number of hydrogen-bond donors (Lipinski definition) is 0. The average Bonchev–Trinajstić information content (AvgIpc) is 2.41. The second kappa shape index (κ2) is 5.40. The van der Waals surface area contributed by atoms with Crippen LogP contribution in [0.25, 0.3) is 0 Å². The van der Waals surface area contributed by atoms with E-state index in [1.165, 1.54) is 12.1 Å². The molecule has 0 radical (unpaired) electrons. The van der Waals surface area contributed by atoms with Gasteiger partial charge in [0.2, 0.25) is 5.82 Å². The molecule has 2 rings (SSSR count). The second-order valence-electron chi connectivity index (χ2n) is 3.70. The van der Waals surface area contributed by atoms with Gasteiger partial charge in [-0.15, -0.1) is 0 Å². The van der Waals surface area contributed by atoms with Crippen LogP contribution >= 0.6 is 0 Å². The number of carbonyl (C=O) groups is 1. The predicted molar refractivity (Wildman–Crippen MR) is 62.5 cm³/mol. The first-order valence-corrected chi connectivity index (χ1v) is 5.31. The van der Waals surface area contributed by atoms with Gasteiger partial charge in [-0.25, -0.2) is 4.39 Å². The highest BCUT2D eigenvalue weighted by Gasteiger charge is 2.08. The van der Waals surface area contributed by atoms with Crippen LogP contribution in [0.4, 0.5) is 8.78 Å². The van der Waals surface area contributed by atoms with Gasteiger partial charge in [-0.05, 0) is 23.8 Å². The lowest BCUT2D eigenvalue weighted by Crippen LogP contribution is -1.99. The summed E-state index contributed by atoms with van der Waals surface area (Å²) in [4.78, 5) is 10.6. The molecule has 2 nitrogen and oxygen atoms in total. The average molecular weight is 248 g/mol. The Morgan fingerprint density at radius 3 is 2.67 bits per heavy atom. The number of aldehydes is 1. The Bertz CT molecular complexity index is 567. The highest BCUT2D eigenvalue weighted by atomic mass is 19.2. The number of rotatable bonds is 4. The molecule has 0 aliphatic heterocycles. The van der Waals surface area contributed by atoms with Crippen LogP contribution in [0.1, 0.15) is 15.9 Å². The van der Waals surface area contributed by atoms with Crippen molar-refractivity contribution in [3.63, 3.8) is 0 Å².